The van der Waals surface area contributed by atoms with Crippen molar-refractivity contribution < 1.29 is 10.2 Å². The highest BCUT2D eigenvalue weighted by molar-refractivity contribution is 5.52. The summed E-state index contributed by atoms with van der Waals surface area (Å²) in [5.74, 6) is 0.0159. The molecule has 4 rings (SSSR count). The molecule has 0 radical (unpaired) electrons. The Hall–Kier alpha value is -1.64. The second-order valence-corrected chi connectivity index (χ2v) is 5.20. The molecule has 0 aliphatic heterocycles. The predicted octanol–water partition coefficient (Wildman–Crippen LogP) is 2.65. The molecule has 0 bridgehead atoms. The zero-order valence-corrected chi connectivity index (χ0v) is 9.82. The molecule has 2 aliphatic carbocycles. The third-order valence-electron chi connectivity index (χ3n) is 4.41. The highest BCUT2D eigenvalue weighted by Gasteiger charge is 2.49. The first-order valence-corrected chi connectivity index (χ1v) is 6.33. The van der Waals surface area contributed by atoms with Crippen LogP contribution in [-0.2, 0) is 0 Å². The van der Waals surface area contributed by atoms with Crippen molar-refractivity contribution in [2.24, 2.45) is 0 Å². The summed E-state index contributed by atoms with van der Waals surface area (Å²) in [6, 6.07) is 15.8. The van der Waals surface area contributed by atoms with Crippen LogP contribution in [0.5, 0.6) is 0 Å². The molecule has 0 heterocycles. The SMILES string of the molecule is O[C@@H]1c2ccccc2[C@@H]2[C@@H]1c1ccccc1[C@@H]2O. The van der Waals surface area contributed by atoms with Crippen molar-refractivity contribution >= 4 is 0 Å². The standard InChI is InChI=1S/C16H14O2/c17-15-11-7-3-1-5-9(11)13-14(15)10-6-2-4-8-12(10)16(13)18/h1-8,13-18H/t13-,14+,15-,16+. The van der Waals surface area contributed by atoms with Crippen LogP contribution in [0.3, 0.4) is 0 Å². The highest BCUT2D eigenvalue weighted by atomic mass is 16.3. The lowest BCUT2D eigenvalue weighted by atomic mass is 9.91. The van der Waals surface area contributed by atoms with E-state index < -0.39 is 12.2 Å². The normalized spacial score (nSPS) is 31.9. The van der Waals surface area contributed by atoms with Crippen LogP contribution in [0.2, 0.25) is 0 Å². The Morgan fingerprint density at radius 2 is 0.889 bits per heavy atom. The van der Waals surface area contributed by atoms with E-state index in [-0.39, 0.29) is 11.8 Å². The third-order valence-corrected chi connectivity index (χ3v) is 4.41. The van der Waals surface area contributed by atoms with Crippen molar-refractivity contribution in [2.45, 2.75) is 24.0 Å². The Morgan fingerprint density at radius 1 is 0.556 bits per heavy atom. The van der Waals surface area contributed by atoms with E-state index >= 15 is 0 Å². The van der Waals surface area contributed by atoms with Crippen LogP contribution in [0, 0.1) is 0 Å². The smallest absolute Gasteiger partial charge is 0.0868 e. The largest absolute Gasteiger partial charge is 0.388 e. The molecule has 2 N–H and O–H groups in total. The van der Waals surface area contributed by atoms with Crippen LogP contribution < -0.4 is 0 Å². The van der Waals surface area contributed by atoms with Gasteiger partial charge in [-0.05, 0) is 22.3 Å². The first-order chi connectivity index (χ1) is 8.79. The molecule has 0 unspecified atom stereocenters. The minimum Gasteiger partial charge on any atom is -0.388 e. The van der Waals surface area contributed by atoms with Gasteiger partial charge in [0.1, 0.15) is 0 Å². The zero-order chi connectivity index (χ0) is 12.3. The second kappa shape index (κ2) is 3.44. The number of aliphatic hydroxyl groups excluding tert-OH is 2. The van der Waals surface area contributed by atoms with Crippen molar-refractivity contribution in [1.82, 2.24) is 0 Å². The van der Waals surface area contributed by atoms with Crippen LogP contribution in [0.1, 0.15) is 46.3 Å². The third kappa shape index (κ3) is 1.10. The van der Waals surface area contributed by atoms with Gasteiger partial charge in [-0.3, -0.25) is 0 Å². The number of hydrogen-bond acceptors (Lipinski definition) is 2. The van der Waals surface area contributed by atoms with Crippen molar-refractivity contribution in [1.29, 1.82) is 0 Å². The topological polar surface area (TPSA) is 40.5 Å². The number of aliphatic hydroxyl groups is 2. The average Bonchev–Trinajstić information content (AvgIpc) is 2.87. The predicted molar refractivity (Wildman–Crippen MR) is 68.3 cm³/mol. The van der Waals surface area contributed by atoms with Gasteiger partial charge in [0.05, 0.1) is 12.2 Å². The Balaban J connectivity index is 1.95. The van der Waals surface area contributed by atoms with Gasteiger partial charge in [0.15, 0.2) is 0 Å². The summed E-state index contributed by atoms with van der Waals surface area (Å²) in [5, 5.41) is 21.0. The molecule has 0 aromatic heterocycles. The van der Waals surface area contributed by atoms with Crippen LogP contribution in [0.25, 0.3) is 0 Å². The maximum Gasteiger partial charge on any atom is 0.0868 e. The second-order valence-electron chi connectivity index (χ2n) is 5.20. The van der Waals surface area contributed by atoms with E-state index in [1.165, 1.54) is 0 Å². The van der Waals surface area contributed by atoms with Crippen molar-refractivity contribution in [3.05, 3.63) is 70.8 Å². The maximum absolute atomic E-state index is 10.5. The van der Waals surface area contributed by atoms with Crippen molar-refractivity contribution in [3.8, 4) is 0 Å². The van der Waals surface area contributed by atoms with Gasteiger partial charge in [-0.2, -0.15) is 0 Å². The van der Waals surface area contributed by atoms with Crippen LogP contribution in [-0.4, -0.2) is 10.2 Å². The summed E-state index contributed by atoms with van der Waals surface area (Å²) in [6.07, 6.45) is -0.992. The van der Waals surface area contributed by atoms with Gasteiger partial charge in [-0.15, -0.1) is 0 Å². The molecule has 0 amide bonds. The molecule has 2 aliphatic rings. The highest BCUT2D eigenvalue weighted by Crippen LogP contribution is 2.61. The number of fused-ring (bicyclic) bond motifs is 5. The van der Waals surface area contributed by atoms with E-state index in [4.69, 9.17) is 0 Å². The quantitative estimate of drug-likeness (QED) is 0.740. The molecule has 0 fully saturated rings. The fraction of sp³-hybridized carbons (Fsp3) is 0.250. The molecular formula is C16H14O2. The molecule has 90 valence electrons. The van der Waals surface area contributed by atoms with Gasteiger partial charge >= 0.3 is 0 Å². The van der Waals surface area contributed by atoms with Gasteiger partial charge in [0.2, 0.25) is 0 Å². The minimum absolute atomic E-state index is 0.00796. The van der Waals surface area contributed by atoms with Gasteiger partial charge in [-0.1, -0.05) is 48.5 Å². The molecule has 2 aromatic rings. The minimum atomic E-state index is -0.496. The molecule has 2 heteroatoms. The summed E-state index contributed by atoms with van der Waals surface area (Å²) in [6.45, 7) is 0. The number of benzene rings is 2. The fourth-order valence-corrected chi connectivity index (χ4v) is 3.67. The van der Waals surface area contributed by atoms with Crippen molar-refractivity contribution in [3.63, 3.8) is 0 Å². The van der Waals surface area contributed by atoms with E-state index in [0.29, 0.717) is 0 Å². The van der Waals surface area contributed by atoms with Crippen LogP contribution in [0.4, 0.5) is 0 Å². The van der Waals surface area contributed by atoms with E-state index in [2.05, 4.69) is 0 Å². The zero-order valence-electron chi connectivity index (χ0n) is 9.82. The average molecular weight is 238 g/mol. The van der Waals surface area contributed by atoms with E-state index in [1.54, 1.807) is 0 Å². The van der Waals surface area contributed by atoms with Crippen molar-refractivity contribution in [2.75, 3.05) is 0 Å². The summed E-state index contributed by atoms with van der Waals surface area (Å²) in [4.78, 5) is 0. The van der Waals surface area contributed by atoms with E-state index in [0.717, 1.165) is 22.3 Å². The Morgan fingerprint density at radius 3 is 1.28 bits per heavy atom. The molecule has 2 nitrogen and oxygen atoms in total. The first-order valence-electron chi connectivity index (χ1n) is 6.33. The van der Waals surface area contributed by atoms with Gasteiger partial charge in [0, 0.05) is 11.8 Å². The summed E-state index contributed by atoms with van der Waals surface area (Å²) < 4.78 is 0. The maximum atomic E-state index is 10.5. The van der Waals surface area contributed by atoms with Gasteiger partial charge in [0.25, 0.3) is 0 Å². The van der Waals surface area contributed by atoms with Gasteiger partial charge < -0.3 is 10.2 Å². The molecule has 0 spiro atoms. The summed E-state index contributed by atoms with van der Waals surface area (Å²) in [7, 11) is 0. The molecule has 0 saturated carbocycles. The molecule has 18 heavy (non-hydrogen) atoms. The van der Waals surface area contributed by atoms with Crippen LogP contribution in [0.15, 0.2) is 48.5 Å². The molecule has 2 aromatic carbocycles. The monoisotopic (exact) mass is 238 g/mol. The fourth-order valence-electron chi connectivity index (χ4n) is 3.67. The van der Waals surface area contributed by atoms with E-state index in [9.17, 15) is 10.2 Å². The lowest BCUT2D eigenvalue weighted by Crippen LogP contribution is -2.07. The molecule has 4 atom stereocenters. The Labute approximate surface area is 106 Å². The lowest BCUT2D eigenvalue weighted by molar-refractivity contribution is 0.110. The summed E-state index contributed by atoms with van der Waals surface area (Å²) >= 11 is 0. The molecule has 0 saturated heterocycles. The number of rotatable bonds is 0. The molecular weight excluding hydrogens is 224 g/mol. The Kier molecular flexibility index (Phi) is 1.97. The number of hydrogen-bond donors (Lipinski definition) is 2. The Bertz CT molecular complexity index is 564. The summed E-state index contributed by atoms with van der Waals surface area (Å²) in [5.41, 5.74) is 4.14. The van der Waals surface area contributed by atoms with Gasteiger partial charge in [-0.25, -0.2) is 0 Å². The lowest BCUT2D eigenvalue weighted by Gasteiger charge is -2.16. The first kappa shape index (κ1) is 10.3. The van der Waals surface area contributed by atoms with Crippen LogP contribution >= 0.6 is 0 Å². The van der Waals surface area contributed by atoms with E-state index in [1.807, 2.05) is 48.5 Å².